The second kappa shape index (κ2) is 8.19. The minimum Gasteiger partial charge on any atom is -0.508 e. The van der Waals surface area contributed by atoms with Gasteiger partial charge in [0.05, 0.1) is 30.6 Å². The molecule has 2 aliphatic heterocycles. The lowest BCUT2D eigenvalue weighted by atomic mass is 9.92. The van der Waals surface area contributed by atoms with Crippen LogP contribution in [0.3, 0.4) is 0 Å². The molecule has 164 valence electrons. The number of hydrogen-bond donors (Lipinski definition) is 2. The van der Waals surface area contributed by atoms with Crippen LogP contribution in [0.2, 0.25) is 0 Å². The number of benzene rings is 2. The normalized spacial score (nSPS) is 19.5. The molecule has 2 N–H and O–H groups in total. The van der Waals surface area contributed by atoms with Gasteiger partial charge in [-0.25, -0.2) is 4.39 Å². The largest absolute Gasteiger partial charge is 0.508 e. The van der Waals surface area contributed by atoms with Gasteiger partial charge in [0.25, 0.3) is 5.91 Å². The molecule has 0 fully saturated rings. The molecule has 0 saturated heterocycles. The molecule has 0 bridgehead atoms. The Morgan fingerprint density at radius 2 is 2.09 bits per heavy atom. The number of rotatable bonds is 3. The Bertz CT molecular complexity index is 1190. The number of fused-ring (bicyclic) bond motifs is 2. The summed E-state index contributed by atoms with van der Waals surface area (Å²) >= 11 is 0.921. The van der Waals surface area contributed by atoms with Crippen LogP contribution in [0.4, 0.5) is 4.39 Å². The molecule has 1 aromatic heterocycles. The predicted molar refractivity (Wildman–Crippen MR) is 113 cm³/mol. The number of carbonyl (C=O) groups is 2. The fourth-order valence-electron chi connectivity index (χ4n) is 4.21. The van der Waals surface area contributed by atoms with Crippen molar-refractivity contribution in [2.45, 2.75) is 31.5 Å². The van der Waals surface area contributed by atoms with E-state index in [0.29, 0.717) is 24.3 Å². The van der Waals surface area contributed by atoms with E-state index in [9.17, 15) is 19.1 Å². The van der Waals surface area contributed by atoms with Crippen LogP contribution in [0.15, 0.2) is 42.6 Å². The molecule has 0 aliphatic carbocycles. The Morgan fingerprint density at radius 1 is 1.22 bits per heavy atom. The SMILES string of the molecule is O=C(NC1CCOc2ccc(F)cc21)C1Cc2cc(O)ccc2CN1C(=O)c1cnsn1. The minimum absolute atomic E-state index is 0.0974. The number of nitrogens with zero attached hydrogens (tertiary/aromatic N) is 3. The van der Waals surface area contributed by atoms with Crippen LogP contribution in [-0.4, -0.2) is 43.2 Å². The number of aromatic hydroxyl groups is 1. The van der Waals surface area contributed by atoms with Crippen molar-refractivity contribution < 1.29 is 23.8 Å². The summed E-state index contributed by atoms with van der Waals surface area (Å²) in [6, 6.07) is 7.88. The van der Waals surface area contributed by atoms with Gasteiger partial charge < -0.3 is 20.1 Å². The molecule has 3 aromatic rings. The van der Waals surface area contributed by atoms with Crippen LogP contribution in [0, 0.1) is 5.82 Å². The van der Waals surface area contributed by atoms with Gasteiger partial charge in [-0.15, -0.1) is 0 Å². The molecule has 2 unspecified atom stereocenters. The highest BCUT2D eigenvalue weighted by Gasteiger charge is 2.37. The Kier molecular flexibility index (Phi) is 5.22. The fraction of sp³-hybridized carbons (Fsp3) is 0.273. The first kappa shape index (κ1) is 20.4. The monoisotopic (exact) mass is 454 g/mol. The number of aromatic nitrogens is 2. The third kappa shape index (κ3) is 3.77. The van der Waals surface area contributed by atoms with Crippen LogP contribution in [0.25, 0.3) is 0 Å². The highest BCUT2D eigenvalue weighted by Crippen LogP contribution is 2.33. The van der Waals surface area contributed by atoms with Gasteiger partial charge in [-0.2, -0.15) is 8.75 Å². The maximum absolute atomic E-state index is 13.8. The number of carbonyl (C=O) groups excluding carboxylic acids is 2. The van der Waals surface area contributed by atoms with Crippen LogP contribution < -0.4 is 10.1 Å². The van der Waals surface area contributed by atoms with Gasteiger partial charge in [0.15, 0.2) is 5.69 Å². The molecule has 3 heterocycles. The lowest BCUT2D eigenvalue weighted by molar-refractivity contribution is -0.127. The van der Waals surface area contributed by atoms with E-state index in [0.717, 1.165) is 22.9 Å². The van der Waals surface area contributed by atoms with Gasteiger partial charge in [0, 0.05) is 24.9 Å². The molecule has 5 rings (SSSR count). The van der Waals surface area contributed by atoms with Gasteiger partial charge in [-0.1, -0.05) is 6.07 Å². The van der Waals surface area contributed by atoms with Crippen molar-refractivity contribution in [3.05, 3.63) is 70.8 Å². The second-order valence-corrected chi connectivity index (χ2v) is 8.34. The van der Waals surface area contributed by atoms with Crippen molar-refractivity contribution in [1.82, 2.24) is 19.0 Å². The molecule has 2 aromatic carbocycles. The highest BCUT2D eigenvalue weighted by molar-refractivity contribution is 6.99. The maximum Gasteiger partial charge on any atom is 0.276 e. The molecular formula is C22H19FN4O4S. The van der Waals surface area contributed by atoms with Gasteiger partial charge in [0.2, 0.25) is 5.91 Å². The summed E-state index contributed by atoms with van der Waals surface area (Å²) in [5.74, 6) is -0.541. The Labute approximate surface area is 187 Å². The van der Waals surface area contributed by atoms with E-state index in [-0.39, 0.29) is 30.3 Å². The lowest BCUT2D eigenvalue weighted by Crippen LogP contribution is -2.53. The van der Waals surface area contributed by atoms with Gasteiger partial charge >= 0.3 is 0 Å². The topological polar surface area (TPSA) is 105 Å². The Morgan fingerprint density at radius 3 is 2.91 bits per heavy atom. The third-order valence-corrected chi connectivity index (χ3v) is 6.27. The van der Waals surface area contributed by atoms with E-state index in [1.54, 1.807) is 24.3 Å². The van der Waals surface area contributed by atoms with E-state index in [1.165, 1.54) is 23.2 Å². The number of nitrogens with one attached hydrogen (secondary N) is 1. The zero-order chi connectivity index (χ0) is 22.2. The van der Waals surface area contributed by atoms with Crippen molar-refractivity contribution in [3.8, 4) is 11.5 Å². The average Bonchev–Trinajstić information content (AvgIpc) is 3.33. The predicted octanol–water partition coefficient (Wildman–Crippen LogP) is 2.59. The van der Waals surface area contributed by atoms with Crippen molar-refractivity contribution in [2.24, 2.45) is 0 Å². The quantitative estimate of drug-likeness (QED) is 0.631. The molecule has 2 aliphatic rings. The number of amides is 2. The third-order valence-electron chi connectivity index (χ3n) is 5.79. The first-order valence-electron chi connectivity index (χ1n) is 10.1. The summed E-state index contributed by atoms with van der Waals surface area (Å²) in [6.07, 6.45) is 2.10. The minimum atomic E-state index is -0.821. The van der Waals surface area contributed by atoms with Crippen molar-refractivity contribution in [2.75, 3.05) is 6.61 Å². The fourth-order valence-corrected chi connectivity index (χ4v) is 4.61. The number of ether oxygens (including phenoxy) is 1. The van der Waals surface area contributed by atoms with E-state index in [2.05, 4.69) is 14.1 Å². The number of phenolic OH excluding ortho intramolecular Hbond substituents is 1. The first-order valence-corrected chi connectivity index (χ1v) is 10.8. The number of halogens is 1. The van der Waals surface area contributed by atoms with Gasteiger partial charge in [-0.05, 0) is 41.5 Å². The molecule has 0 radical (unpaired) electrons. The summed E-state index contributed by atoms with van der Waals surface area (Å²) in [5.41, 5.74) is 2.39. The van der Waals surface area contributed by atoms with Crippen molar-refractivity contribution >= 4 is 23.5 Å². The van der Waals surface area contributed by atoms with Crippen LogP contribution in [-0.2, 0) is 17.8 Å². The zero-order valence-corrected chi connectivity index (χ0v) is 17.6. The number of phenols is 1. The molecule has 10 heteroatoms. The Hall–Kier alpha value is -3.53. The molecule has 32 heavy (non-hydrogen) atoms. The first-order chi connectivity index (χ1) is 15.5. The zero-order valence-electron chi connectivity index (χ0n) is 16.8. The van der Waals surface area contributed by atoms with E-state index < -0.39 is 23.8 Å². The summed E-state index contributed by atoms with van der Waals surface area (Å²) in [4.78, 5) is 28.0. The lowest BCUT2D eigenvalue weighted by Gasteiger charge is -2.37. The van der Waals surface area contributed by atoms with Gasteiger partial charge in [0.1, 0.15) is 23.4 Å². The highest BCUT2D eigenvalue weighted by atomic mass is 32.1. The van der Waals surface area contributed by atoms with Crippen LogP contribution >= 0.6 is 11.7 Å². The average molecular weight is 454 g/mol. The van der Waals surface area contributed by atoms with Gasteiger partial charge in [-0.3, -0.25) is 9.59 Å². The Balaban J connectivity index is 1.45. The molecule has 2 amide bonds. The van der Waals surface area contributed by atoms with Crippen molar-refractivity contribution in [1.29, 1.82) is 0 Å². The molecule has 8 nitrogen and oxygen atoms in total. The standard InChI is InChI=1S/C22H19FN4O4S/c23-14-2-4-20-16(9-14)17(5-6-31-20)25-21(29)19-8-13-7-15(28)3-1-12(13)11-27(19)22(30)18-10-24-32-26-18/h1-4,7,9-10,17,19,28H,5-6,8,11H2,(H,25,29). The summed E-state index contributed by atoms with van der Waals surface area (Å²) in [7, 11) is 0. The van der Waals surface area contributed by atoms with Crippen LogP contribution in [0.5, 0.6) is 11.5 Å². The summed E-state index contributed by atoms with van der Waals surface area (Å²) < 4.78 is 27.3. The van der Waals surface area contributed by atoms with E-state index in [4.69, 9.17) is 4.74 Å². The second-order valence-electron chi connectivity index (χ2n) is 7.78. The number of hydrogen-bond acceptors (Lipinski definition) is 7. The molecule has 0 spiro atoms. The maximum atomic E-state index is 13.8. The summed E-state index contributed by atoms with van der Waals surface area (Å²) in [5, 5.41) is 12.9. The van der Waals surface area contributed by atoms with Crippen LogP contribution in [0.1, 0.15) is 39.6 Å². The van der Waals surface area contributed by atoms with E-state index >= 15 is 0 Å². The molecule has 0 saturated carbocycles. The molecular weight excluding hydrogens is 435 g/mol. The molecule has 2 atom stereocenters. The smallest absolute Gasteiger partial charge is 0.276 e. The van der Waals surface area contributed by atoms with Crippen molar-refractivity contribution in [3.63, 3.8) is 0 Å². The summed E-state index contributed by atoms with van der Waals surface area (Å²) in [6.45, 7) is 0.584. The van der Waals surface area contributed by atoms with E-state index in [1.807, 2.05) is 0 Å².